The molecule has 0 aliphatic carbocycles. The SMILES string of the molecule is CCCCC(CCC)C(C)(C)CC(C)(C)CN1CCNCC1. The predicted molar refractivity (Wildman–Crippen MR) is 99.4 cm³/mol. The zero-order chi connectivity index (χ0) is 16.6. The summed E-state index contributed by atoms with van der Waals surface area (Å²) in [6, 6.07) is 0. The molecule has 22 heavy (non-hydrogen) atoms. The maximum Gasteiger partial charge on any atom is 0.0108 e. The van der Waals surface area contributed by atoms with E-state index in [9.17, 15) is 0 Å². The molecule has 1 unspecified atom stereocenters. The Kier molecular flexibility index (Phi) is 8.42. The van der Waals surface area contributed by atoms with E-state index in [1.54, 1.807) is 0 Å². The molecule has 1 saturated heterocycles. The standard InChI is InChI=1S/C20H42N2/c1-7-9-11-18(10-8-2)20(5,6)16-19(3,4)17-22-14-12-21-13-15-22/h18,21H,7-17H2,1-6H3. The lowest BCUT2D eigenvalue weighted by atomic mass is 9.65. The highest BCUT2D eigenvalue weighted by atomic mass is 15.2. The molecule has 0 aromatic carbocycles. The number of rotatable bonds is 10. The molecule has 1 aliphatic rings. The lowest BCUT2D eigenvalue weighted by molar-refractivity contribution is 0.0710. The molecule has 0 aromatic rings. The zero-order valence-electron chi connectivity index (χ0n) is 16.3. The number of nitrogens with zero attached hydrogens (tertiary/aromatic N) is 1. The molecule has 0 saturated carbocycles. The molecule has 0 bridgehead atoms. The minimum atomic E-state index is 0.416. The molecule has 0 amide bonds. The van der Waals surface area contributed by atoms with Gasteiger partial charge in [-0.15, -0.1) is 0 Å². The molecule has 1 atom stereocenters. The van der Waals surface area contributed by atoms with Crippen molar-refractivity contribution in [3.63, 3.8) is 0 Å². The third kappa shape index (κ3) is 7.00. The summed E-state index contributed by atoms with van der Waals surface area (Å²) in [7, 11) is 0. The van der Waals surface area contributed by atoms with Crippen LogP contribution in [0.5, 0.6) is 0 Å². The van der Waals surface area contributed by atoms with Crippen molar-refractivity contribution in [2.24, 2.45) is 16.7 Å². The van der Waals surface area contributed by atoms with Gasteiger partial charge in [-0.25, -0.2) is 0 Å². The molecule has 1 fully saturated rings. The van der Waals surface area contributed by atoms with Crippen LogP contribution in [-0.4, -0.2) is 37.6 Å². The van der Waals surface area contributed by atoms with Crippen LogP contribution in [0.25, 0.3) is 0 Å². The normalized spacial score (nSPS) is 19.4. The third-order valence-electron chi connectivity index (χ3n) is 5.44. The molecule has 0 spiro atoms. The quantitative estimate of drug-likeness (QED) is 0.615. The highest BCUT2D eigenvalue weighted by Gasteiger charge is 2.35. The summed E-state index contributed by atoms with van der Waals surface area (Å²) >= 11 is 0. The lowest BCUT2D eigenvalue weighted by Crippen LogP contribution is -2.47. The molecule has 132 valence electrons. The maximum atomic E-state index is 3.47. The second-order valence-electron chi connectivity index (χ2n) is 8.98. The summed E-state index contributed by atoms with van der Waals surface area (Å²) < 4.78 is 0. The first-order chi connectivity index (χ1) is 10.3. The molecule has 0 radical (unpaired) electrons. The van der Waals surface area contributed by atoms with Gasteiger partial charge in [0.05, 0.1) is 0 Å². The van der Waals surface area contributed by atoms with E-state index in [1.807, 2.05) is 0 Å². The Morgan fingerprint density at radius 2 is 1.59 bits per heavy atom. The van der Waals surface area contributed by atoms with Gasteiger partial charge in [0, 0.05) is 32.7 Å². The number of piperazine rings is 1. The fraction of sp³-hybridized carbons (Fsp3) is 1.00. The average molecular weight is 311 g/mol. The van der Waals surface area contributed by atoms with Crippen molar-refractivity contribution in [1.82, 2.24) is 10.2 Å². The van der Waals surface area contributed by atoms with Crippen LogP contribution >= 0.6 is 0 Å². The fourth-order valence-corrected chi connectivity index (χ4v) is 4.63. The van der Waals surface area contributed by atoms with Gasteiger partial charge < -0.3 is 10.2 Å². The van der Waals surface area contributed by atoms with E-state index in [2.05, 4.69) is 51.8 Å². The number of nitrogens with one attached hydrogen (secondary N) is 1. The van der Waals surface area contributed by atoms with Crippen molar-refractivity contribution >= 4 is 0 Å². The second-order valence-corrected chi connectivity index (χ2v) is 8.98. The van der Waals surface area contributed by atoms with Gasteiger partial charge >= 0.3 is 0 Å². The summed E-state index contributed by atoms with van der Waals surface area (Å²) in [4.78, 5) is 2.66. The van der Waals surface area contributed by atoms with Gasteiger partial charge in [-0.05, 0) is 29.6 Å². The first kappa shape index (κ1) is 20.0. The van der Waals surface area contributed by atoms with E-state index >= 15 is 0 Å². The highest BCUT2D eigenvalue weighted by molar-refractivity contribution is 4.87. The molecule has 1 aliphatic heterocycles. The number of unbranched alkanes of at least 4 members (excludes halogenated alkanes) is 1. The van der Waals surface area contributed by atoms with Gasteiger partial charge in [0.25, 0.3) is 0 Å². The van der Waals surface area contributed by atoms with E-state index < -0.39 is 0 Å². The molecule has 0 aromatic heterocycles. The maximum absolute atomic E-state index is 3.47. The highest BCUT2D eigenvalue weighted by Crippen LogP contribution is 2.43. The second kappa shape index (κ2) is 9.27. The van der Waals surface area contributed by atoms with Crippen LogP contribution in [0.2, 0.25) is 0 Å². The van der Waals surface area contributed by atoms with Gasteiger partial charge in [-0.3, -0.25) is 0 Å². The molecule has 1 N–H and O–H groups in total. The molecular weight excluding hydrogens is 268 g/mol. The van der Waals surface area contributed by atoms with Crippen LogP contribution in [0, 0.1) is 16.7 Å². The van der Waals surface area contributed by atoms with Crippen LogP contribution < -0.4 is 5.32 Å². The van der Waals surface area contributed by atoms with E-state index in [4.69, 9.17) is 0 Å². The van der Waals surface area contributed by atoms with E-state index in [1.165, 1.54) is 58.2 Å². The minimum Gasteiger partial charge on any atom is -0.314 e. The summed E-state index contributed by atoms with van der Waals surface area (Å²) in [6.07, 6.45) is 8.22. The average Bonchev–Trinajstić information content (AvgIpc) is 2.42. The smallest absolute Gasteiger partial charge is 0.0108 e. The number of hydrogen-bond donors (Lipinski definition) is 1. The molecule has 2 nitrogen and oxygen atoms in total. The Morgan fingerprint density at radius 3 is 2.14 bits per heavy atom. The fourth-order valence-electron chi connectivity index (χ4n) is 4.63. The number of hydrogen-bond acceptors (Lipinski definition) is 2. The van der Waals surface area contributed by atoms with Crippen LogP contribution in [0.4, 0.5) is 0 Å². The van der Waals surface area contributed by atoms with Gasteiger partial charge in [0.2, 0.25) is 0 Å². The Bertz CT molecular complexity index is 290. The largest absolute Gasteiger partial charge is 0.314 e. The van der Waals surface area contributed by atoms with Gasteiger partial charge in [0.1, 0.15) is 0 Å². The van der Waals surface area contributed by atoms with Crippen LogP contribution in [0.15, 0.2) is 0 Å². The Labute approximate surface area is 140 Å². The Balaban J connectivity index is 2.60. The van der Waals surface area contributed by atoms with Crippen LogP contribution in [-0.2, 0) is 0 Å². The van der Waals surface area contributed by atoms with E-state index in [-0.39, 0.29) is 0 Å². The Hall–Kier alpha value is -0.0800. The summed E-state index contributed by atoms with van der Waals surface area (Å²) in [5.41, 5.74) is 0.877. The first-order valence-corrected chi connectivity index (χ1v) is 9.74. The predicted octanol–water partition coefficient (Wildman–Crippen LogP) is 4.94. The molecule has 2 heteroatoms. The topological polar surface area (TPSA) is 15.3 Å². The van der Waals surface area contributed by atoms with Crippen molar-refractivity contribution in [2.75, 3.05) is 32.7 Å². The monoisotopic (exact) mass is 310 g/mol. The molecule has 1 heterocycles. The van der Waals surface area contributed by atoms with Crippen LogP contribution in [0.1, 0.15) is 80.1 Å². The van der Waals surface area contributed by atoms with Gasteiger partial charge in [-0.1, -0.05) is 67.2 Å². The van der Waals surface area contributed by atoms with Crippen molar-refractivity contribution in [3.05, 3.63) is 0 Å². The first-order valence-electron chi connectivity index (χ1n) is 9.74. The minimum absolute atomic E-state index is 0.416. The van der Waals surface area contributed by atoms with Crippen molar-refractivity contribution in [1.29, 1.82) is 0 Å². The van der Waals surface area contributed by atoms with Crippen molar-refractivity contribution in [2.45, 2.75) is 80.1 Å². The van der Waals surface area contributed by atoms with E-state index in [0.717, 1.165) is 19.0 Å². The third-order valence-corrected chi connectivity index (χ3v) is 5.44. The van der Waals surface area contributed by atoms with Gasteiger partial charge in [0.15, 0.2) is 0 Å². The van der Waals surface area contributed by atoms with Crippen molar-refractivity contribution < 1.29 is 0 Å². The Morgan fingerprint density at radius 1 is 0.955 bits per heavy atom. The van der Waals surface area contributed by atoms with Crippen molar-refractivity contribution in [3.8, 4) is 0 Å². The summed E-state index contributed by atoms with van der Waals surface area (Å²) in [5.74, 6) is 0.889. The van der Waals surface area contributed by atoms with Gasteiger partial charge in [-0.2, -0.15) is 0 Å². The molecule has 1 rings (SSSR count). The van der Waals surface area contributed by atoms with E-state index in [0.29, 0.717) is 10.8 Å². The van der Waals surface area contributed by atoms with Crippen LogP contribution in [0.3, 0.4) is 0 Å². The molecular formula is C20H42N2. The zero-order valence-corrected chi connectivity index (χ0v) is 16.3. The summed E-state index contributed by atoms with van der Waals surface area (Å²) in [6.45, 7) is 20.7. The summed E-state index contributed by atoms with van der Waals surface area (Å²) in [5, 5.41) is 3.47. The lowest BCUT2D eigenvalue weighted by Gasteiger charge is -2.43.